The molecule has 1 amide bonds. The summed E-state index contributed by atoms with van der Waals surface area (Å²) < 4.78 is 0. The summed E-state index contributed by atoms with van der Waals surface area (Å²) in [4.78, 5) is 17.7. The second-order valence-electron chi connectivity index (χ2n) is 6.02. The average Bonchev–Trinajstić information content (AvgIpc) is 3.02. The standard InChI is InChI=1S/C19H23N3O/c1-15(21-13-10-16-8-11-20-12-9-16)17-4-6-18(7-5-17)22-14-2-3-19(22)23/h4-9,11-12,15,21H,2-3,10,13-14H2,1H3/t15-/m1/s1. The first kappa shape index (κ1) is 15.7. The van der Waals surface area contributed by atoms with Gasteiger partial charge in [0.1, 0.15) is 0 Å². The molecule has 1 aliphatic rings. The number of hydrogen-bond donors (Lipinski definition) is 1. The van der Waals surface area contributed by atoms with Gasteiger partial charge in [0.05, 0.1) is 0 Å². The Labute approximate surface area is 137 Å². The maximum Gasteiger partial charge on any atom is 0.227 e. The molecule has 4 nitrogen and oxygen atoms in total. The number of rotatable bonds is 6. The molecule has 2 aromatic rings. The lowest BCUT2D eigenvalue weighted by Crippen LogP contribution is -2.24. The normalized spacial score (nSPS) is 15.9. The van der Waals surface area contributed by atoms with Gasteiger partial charge in [-0.25, -0.2) is 0 Å². The summed E-state index contributed by atoms with van der Waals surface area (Å²) in [5, 5.41) is 3.54. The van der Waals surface area contributed by atoms with Crippen molar-refractivity contribution in [2.24, 2.45) is 0 Å². The van der Waals surface area contributed by atoms with Crippen molar-refractivity contribution >= 4 is 11.6 Å². The molecule has 0 unspecified atom stereocenters. The predicted octanol–water partition coefficient (Wildman–Crippen LogP) is 3.10. The van der Waals surface area contributed by atoms with Crippen LogP contribution in [0.1, 0.15) is 36.9 Å². The van der Waals surface area contributed by atoms with Crippen molar-refractivity contribution < 1.29 is 4.79 Å². The first-order valence-electron chi connectivity index (χ1n) is 8.26. The molecule has 1 aromatic heterocycles. The third-order valence-electron chi connectivity index (χ3n) is 4.39. The lowest BCUT2D eigenvalue weighted by molar-refractivity contribution is -0.117. The molecule has 120 valence electrons. The fourth-order valence-corrected chi connectivity index (χ4v) is 2.96. The zero-order chi connectivity index (χ0) is 16.1. The van der Waals surface area contributed by atoms with Gasteiger partial charge in [-0.15, -0.1) is 0 Å². The van der Waals surface area contributed by atoms with Gasteiger partial charge in [-0.1, -0.05) is 12.1 Å². The van der Waals surface area contributed by atoms with E-state index in [1.165, 1.54) is 11.1 Å². The van der Waals surface area contributed by atoms with Crippen LogP contribution in [0, 0.1) is 0 Å². The molecule has 1 atom stereocenters. The number of carbonyl (C=O) groups excluding carboxylic acids is 1. The van der Waals surface area contributed by atoms with Crippen molar-refractivity contribution in [3.05, 3.63) is 59.9 Å². The van der Waals surface area contributed by atoms with Gasteiger partial charge in [-0.2, -0.15) is 0 Å². The van der Waals surface area contributed by atoms with Crippen molar-refractivity contribution in [1.29, 1.82) is 0 Å². The average molecular weight is 309 g/mol. The Kier molecular flexibility index (Phi) is 5.03. The van der Waals surface area contributed by atoms with Crippen molar-refractivity contribution in [2.45, 2.75) is 32.2 Å². The van der Waals surface area contributed by atoms with Gasteiger partial charge in [-0.3, -0.25) is 9.78 Å². The molecule has 0 saturated carbocycles. The molecule has 0 spiro atoms. The Morgan fingerprint density at radius 3 is 2.57 bits per heavy atom. The fourth-order valence-electron chi connectivity index (χ4n) is 2.96. The Morgan fingerprint density at radius 2 is 1.91 bits per heavy atom. The maximum atomic E-state index is 11.8. The van der Waals surface area contributed by atoms with Crippen LogP contribution >= 0.6 is 0 Å². The van der Waals surface area contributed by atoms with Crippen molar-refractivity contribution in [2.75, 3.05) is 18.0 Å². The van der Waals surface area contributed by atoms with E-state index >= 15 is 0 Å². The van der Waals surface area contributed by atoms with E-state index in [1.807, 2.05) is 29.4 Å². The van der Waals surface area contributed by atoms with Crippen LogP contribution in [0.5, 0.6) is 0 Å². The van der Waals surface area contributed by atoms with E-state index in [2.05, 4.69) is 41.5 Å². The van der Waals surface area contributed by atoms with Crippen LogP contribution in [0.3, 0.4) is 0 Å². The summed E-state index contributed by atoms with van der Waals surface area (Å²) in [5.41, 5.74) is 3.55. The van der Waals surface area contributed by atoms with Gasteiger partial charge in [0.15, 0.2) is 0 Å². The van der Waals surface area contributed by atoms with E-state index in [4.69, 9.17) is 0 Å². The largest absolute Gasteiger partial charge is 0.312 e. The minimum Gasteiger partial charge on any atom is -0.312 e. The van der Waals surface area contributed by atoms with Crippen molar-refractivity contribution in [3.8, 4) is 0 Å². The molecular weight excluding hydrogens is 286 g/mol. The third kappa shape index (κ3) is 3.96. The lowest BCUT2D eigenvalue weighted by Gasteiger charge is -2.18. The highest BCUT2D eigenvalue weighted by molar-refractivity contribution is 5.95. The molecule has 2 heterocycles. The summed E-state index contributed by atoms with van der Waals surface area (Å²) in [6.07, 6.45) is 6.30. The number of carbonyl (C=O) groups is 1. The topological polar surface area (TPSA) is 45.2 Å². The quantitative estimate of drug-likeness (QED) is 0.892. The smallest absolute Gasteiger partial charge is 0.227 e. The molecular formula is C19H23N3O. The highest BCUT2D eigenvalue weighted by Gasteiger charge is 2.21. The number of benzene rings is 1. The first-order chi connectivity index (χ1) is 11.2. The first-order valence-corrected chi connectivity index (χ1v) is 8.26. The zero-order valence-electron chi connectivity index (χ0n) is 13.5. The second-order valence-corrected chi connectivity index (χ2v) is 6.02. The summed E-state index contributed by atoms with van der Waals surface area (Å²) in [5.74, 6) is 0.237. The molecule has 1 aromatic carbocycles. The zero-order valence-corrected chi connectivity index (χ0v) is 13.5. The molecule has 0 aliphatic carbocycles. The summed E-state index contributed by atoms with van der Waals surface area (Å²) in [7, 11) is 0. The van der Waals surface area contributed by atoms with Gasteiger partial charge >= 0.3 is 0 Å². The molecule has 0 radical (unpaired) electrons. The van der Waals surface area contributed by atoms with Crippen molar-refractivity contribution in [1.82, 2.24) is 10.3 Å². The molecule has 0 bridgehead atoms. The molecule has 1 fully saturated rings. The van der Waals surface area contributed by atoms with E-state index in [0.29, 0.717) is 12.5 Å². The predicted molar refractivity (Wildman–Crippen MR) is 92.4 cm³/mol. The number of anilines is 1. The molecule has 1 N–H and O–H groups in total. The Morgan fingerprint density at radius 1 is 1.17 bits per heavy atom. The van der Waals surface area contributed by atoms with Crippen LogP contribution in [-0.2, 0) is 11.2 Å². The van der Waals surface area contributed by atoms with Gasteiger partial charge in [-0.05, 0) is 61.7 Å². The highest BCUT2D eigenvalue weighted by atomic mass is 16.2. The van der Waals surface area contributed by atoms with Crippen molar-refractivity contribution in [3.63, 3.8) is 0 Å². The molecule has 1 saturated heterocycles. The van der Waals surface area contributed by atoms with E-state index in [-0.39, 0.29) is 5.91 Å². The Bertz CT molecular complexity index is 639. The van der Waals surface area contributed by atoms with Gasteiger partial charge in [0.2, 0.25) is 5.91 Å². The molecule has 23 heavy (non-hydrogen) atoms. The van der Waals surface area contributed by atoms with Crippen LogP contribution in [0.2, 0.25) is 0 Å². The highest BCUT2D eigenvalue weighted by Crippen LogP contribution is 2.23. The number of nitrogens with zero attached hydrogens (tertiary/aromatic N) is 2. The number of hydrogen-bond acceptors (Lipinski definition) is 3. The molecule has 1 aliphatic heterocycles. The number of amides is 1. The maximum absolute atomic E-state index is 11.8. The summed E-state index contributed by atoms with van der Waals surface area (Å²) in [6, 6.07) is 12.7. The second kappa shape index (κ2) is 7.38. The summed E-state index contributed by atoms with van der Waals surface area (Å²) >= 11 is 0. The van der Waals surface area contributed by atoms with E-state index < -0.39 is 0 Å². The van der Waals surface area contributed by atoms with Gasteiger partial charge in [0.25, 0.3) is 0 Å². The Balaban J connectivity index is 1.53. The lowest BCUT2D eigenvalue weighted by atomic mass is 10.1. The number of aromatic nitrogens is 1. The number of nitrogens with one attached hydrogen (secondary N) is 1. The third-order valence-corrected chi connectivity index (χ3v) is 4.39. The molecule has 3 rings (SSSR count). The van der Waals surface area contributed by atoms with E-state index in [0.717, 1.165) is 31.6 Å². The minimum atomic E-state index is 0.237. The van der Waals surface area contributed by atoms with Crippen LogP contribution < -0.4 is 10.2 Å². The monoisotopic (exact) mass is 309 g/mol. The SMILES string of the molecule is C[C@@H](NCCc1ccncc1)c1ccc(N2CCCC2=O)cc1. The fraction of sp³-hybridized carbons (Fsp3) is 0.368. The minimum absolute atomic E-state index is 0.237. The van der Waals surface area contributed by atoms with Crippen LogP contribution in [0.4, 0.5) is 5.69 Å². The van der Waals surface area contributed by atoms with Crippen LogP contribution in [0.15, 0.2) is 48.8 Å². The number of pyridine rings is 1. The van der Waals surface area contributed by atoms with E-state index in [1.54, 1.807) is 0 Å². The van der Waals surface area contributed by atoms with Gasteiger partial charge in [0, 0.05) is 37.1 Å². The molecule has 4 heteroatoms. The van der Waals surface area contributed by atoms with Gasteiger partial charge < -0.3 is 10.2 Å². The van der Waals surface area contributed by atoms with E-state index in [9.17, 15) is 4.79 Å². The van der Waals surface area contributed by atoms with Crippen LogP contribution in [-0.4, -0.2) is 24.0 Å². The summed E-state index contributed by atoms with van der Waals surface area (Å²) in [6.45, 7) is 3.94. The Hall–Kier alpha value is -2.20. The van der Waals surface area contributed by atoms with Crippen LogP contribution in [0.25, 0.3) is 0 Å².